The summed E-state index contributed by atoms with van der Waals surface area (Å²) < 4.78 is 28.3. The highest BCUT2D eigenvalue weighted by Crippen LogP contribution is 2.26. The van der Waals surface area contributed by atoms with Crippen LogP contribution in [0, 0.1) is 10.1 Å². The Morgan fingerprint density at radius 3 is 2.03 bits per heavy atom. The highest BCUT2D eigenvalue weighted by molar-refractivity contribution is 7.92. The van der Waals surface area contributed by atoms with Crippen molar-refractivity contribution in [3.63, 3.8) is 0 Å². The summed E-state index contributed by atoms with van der Waals surface area (Å²) in [7, 11) is -4.24. The van der Waals surface area contributed by atoms with E-state index in [4.69, 9.17) is 0 Å². The van der Waals surface area contributed by atoms with E-state index in [1.165, 1.54) is 41.3 Å². The minimum Gasteiger partial charge on any atom is -0.352 e. The fraction of sp³-hybridized carbons (Fsp3) is 0.286. The van der Waals surface area contributed by atoms with Gasteiger partial charge < -0.3 is 10.2 Å². The van der Waals surface area contributed by atoms with Gasteiger partial charge in [-0.05, 0) is 50.1 Å². The van der Waals surface area contributed by atoms with Gasteiger partial charge in [-0.25, -0.2) is 8.42 Å². The Kier molecular flexibility index (Phi) is 9.78. The molecule has 0 unspecified atom stereocenters. The first-order valence-corrected chi connectivity index (χ1v) is 13.9. The normalized spacial score (nSPS) is 12.7. The number of benzene rings is 3. The van der Waals surface area contributed by atoms with Gasteiger partial charge in [-0.2, -0.15) is 0 Å². The Morgan fingerprint density at radius 2 is 1.49 bits per heavy atom. The lowest BCUT2D eigenvalue weighted by Gasteiger charge is -2.32. The molecule has 0 fully saturated rings. The topological polar surface area (TPSA) is 130 Å². The molecule has 0 bridgehead atoms. The lowest BCUT2D eigenvalue weighted by Crippen LogP contribution is -2.52. The van der Waals surface area contributed by atoms with Crippen LogP contribution < -0.4 is 9.62 Å². The van der Waals surface area contributed by atoms with Crippen LogP contribution in [0.1, 0.15) is 32.8 Å². The third-order valence-electron chi connectivity index (χ3n) is 6.32. The first-order chi connectivity index (χ1) is 18.5. The lowest BCUT2D eigenvalue weighted by molar-refractivity contribution is -0.384. The van der Waals surface area contributed by atoms with Gasteiger partial charge in [-0.15, -0.1) is 0 Å². The molecule has 0 spiro atoms. The molecular formula is C28H32N4O6S. The predicted molar refractivity (Wildman–Crippen MR) is 148 cm³/mol. The number of nitro groups is 1. The molecule has 3 aromatic carbocycles. The standard InChI is InChI=1S/C28H32N4O6S/c1-4-21(2)29-28(34)22(3)30(19-23-11-7-5-8-12-23)27(33)20-31(24-15-17-25(18-16-24)32(35)36)39(37,38)26-13-9-6-10-14-26/h5-18,21-22H,4,19-20H2,1-3H3,(H,29,34)/t21-,22+/m0/s1. The average molecular weight is 553 g/mol. The van der Waals surface area contributed by atoms with Crippen LogP contribution in [0.3, 0.4) is 0 Å². The zero-order valence-electron chi connectivity index (χ0n) is 22.1. The maximum atomic E-state index is 13.8. The second-order valence-corrected chi connectivity index (χ2v) is 11.0. The number of non-ortho nitro benzene ring substituents is 1. The molecule has 39 heavy (non-hydrogen) atoms. The summed E-state index contributed by atoms with van der Waals surface area (Å²) in [6.45, 7) is 4.84. The summed E-state index contributed by atoms with van der Waals surface area (Å²) in [6, 6.07) is 20.6. The Balaban J connectivity index is 2.02. The van der Waals surface area contributed by atoms with Crippen LogP contribution in [-0.2, 0) is 26.2 Å². The average Bonchev–Trinajstić information content (AvgIpc) is 2.95. The molecule has 0 radical (unpaired) electrons. The molecule has 0 aliphatic heterocycles. The molecule has 206 valence electrons. The number of carbonyl (C=O) groups excluding carboxylic acids is 2. The minimum absolute atomic E-state index is 0.0478. The molecule has 0 aliphatic rings. The highest BCUT2D eigenvalue weighted by atomic mass is 32.2. The zero-order chi connectivity index (χ0) is 28.6. The van der Waals surface area contributed by atoms with Crippen LogP contribution in [-0.4, -0.2) is 48.7 Å². The van der Waals surface area contributed by atoms with E-state index in [1.807, 2.05) is 44.2 Å². The van der Waals surface area contributed by atoms with Gasteiger partial charge in [-0.1, -0.05) is 55.5 Å². The SMILES string of the molecule is CC[C@H](C)NC(=O)[C@@H](C)N(Cc1ccccc1)C(=O)CN(c1ccc([N+](=O)[O-])cc1)S(=O)(=O)c1ccccc1. The first kappa shape index (κ1) is 29.3. The maximum absolute atomic E-state index is 13.8. The summed E-state index contributed by atoms with van der Waals surface area (Å²) >= 11 is 0. The predicted octanol–water partition coefficient (Wildman–Crippen LogP) is 4.12. The van der Waals surface area contributed by atoms with Crippen molar-refractivity contribution in [3.8, 4) is 0 Å². The largest absolute Gasteiger partial charge is 0.352 e. The monoisotopic (exact) mass is 552 g/mol. The zero-order valence-corrected chi connectivity index (χ0v) is 22.9. The fourth-order valence-electron chi connectivity index (χ4n) is 3.82. The van der Waals surface area contributed by atoms with Crippen LogP contribution in [0.4, 0.5) is 11.4 Å². The van der Waals surface area contributed by atoms with E-state index in [9.17, 15) is 28.1 Å². The van der Waals surface area contributed by atoms with E-state index >= 15 is 0 Å². The summed E-state index contributed by atoms with van der Waals surface area (Å²) in [5.41, 5.74) is 0.624. The van der Waals surface area contributed by atoms with Crippen LogP contribution in [0.2, 0.25) is 0 Å². The third-order valence-corrected chi connectivity index (χ3v) is 8.11. The lowest BCUT2D eigenvalue weighted by atomic mass is 10.1. The number of amides is 2. The second kappa shape index (κ2) is 13.0. The number of hydrogen-bond donors (Lipinski definition) is 1. The molecule has 11 heteroatoms. The molecule has 2 atom stereocenters. The van der Waals surface area contributed by atoms with Crippen molar-refractivity contribution >= 4 is 33.2 Å². The number of nitrogens with one attached hydrogen (secondary N) is 1. The van der Waals surface area contributed by atoms with E-state index in [0.29, 0.717) is 6.42 Å². The van der Waals surface area contributed by atoms with Gasteiger partial charge in [0.1, 0.15) is 12.6 Å². The molecule has 1 N–H and O–H groups in total. The van der Waals surface area contributed by atoms with Crippen molar-refractivity contribution in [2.24, 2.45) is 0 Å². The van der Waals surface area contributed by atoms with E-state index in [2.05, 4.69) is 5.32 Å². The van der Waals surface area contributed by atoms with Crippen LogP contribution in [0.25, 0.3) is 0 Å². The van der Waals surface area contributed by atoms with Crippen molar-refractivity contribution in [3.05, 3.63) is 101 Å². The van der Waals surface area contributed by atoms with Crippen LogP contribution in [0.5, 0.6) is 0 Å². The molecule has 10 nitrogen and oxygen atoms in total. The van der Waals surface area contributed by atoms with E-state index in [0.717, 1.165) is 9.87 Å². The summed E-state index contributed by atoms with van der Waals surface area (Å²) in [5, 5.41) is 14.0. The Hall–Kier alpha value is -4.25. The number of sulfonamides is 1. The highest BCUT2D eigenvalue weighted by Gasteiger charge is 2.33. The number of nitrogens with zero attached hydrogens (tertiary/aromatic N) is 3. The minimum atomic E-state index is -4.24. The first-order valence-electron chi connectivity index (χ1n) is 12.5. The molecular weight excluding hydrogens is 520 g/mol. The van der Waals surface area contributed by atoms with E-state index in [-0.39, 0.29) is 34.8 Å². The number of hydrogen-bond acceptors (Lipinski definition) is 6. The number of anilines is 1. The van der Waals surface area contributed by atoms with Gasteiger partial charge in [-0.3, -0.25) is 24.0 Å². The smallest absolute Gasteiger partial charge is 0.269 e. The fourth-order valence-corrected chi connectivity index (χ4v) is 5.25. The molecule has 0 heterocycles. The Bertz CT molecular complexity index is 1380. The Labute approximate surface area is 228 Å². The molecule has 0 saturated carbocycles. The molecule has 2 amide bonds. The van der Waals surface area contributed by atoms with Gasteiger partial charge in [0.15, 0.2) is 0 Å². The number of nitro benzene ring substituents is 1. The van der Waals surface area contributed by atoms with E-state index < -0.39 is 33.4 Å². The van der Waals surface area contributed by atoms with Gasteiger partial charge in [0.2, 0.25) is 11.8 Å². The molecule has 0 saturated heterocycles. The van der Waals surface area contributed by atoms with Crippen molar-refractivity contribution in [1.29, 1.82) is 0 Å². The molecule has 3 aromatic rings. The Morgan fingerprint density at radius 1 is 0.923 bits per heavy atom. The van der Waals surface area contributed by atoms with Gasteiger partial charge in [0, 0.05) is 24.7 Å². The number of rotatable bonds is 12. The summed E-state index contributed by atoms with van der Waals surface area (Å²) in [4.78, 5) is 38.7. The second-order valence-electron chi connectivity index (χ2n) is 9.10. The van der Waals surface area contributed by atoms with Crippen molar-refractivity contribution in [2.45, 2.75) is 50.7 Å². The van der Waals surface area contributed by atoms with E-state index in [1.54, 1.807) is 25.1 Å². The van der Waals surface area contributed by atoms with Crippen molar-refractivity contribution in [2.75, 3.05) is 10.8 Å². The van der Waals surface area contributed by atoms with Crippen LogP contribution >= 0.6 is 0 Å². The van der Waals surface area contributed by atoms with Gasteiger partial charge >= 0.3 is 0 Å². The van der Waals surface area contributed by atoms with Crippen LogP contribution in [0.15, 0.2) is 89.8 Å². The summed E-state index contributed by atoms with van der Waals surface area (Å²) in [6.07, 6.45) is 0.703. The summed E-state index contributed by atoms with van der Waals surface area (Å²) in [5.74, 6) is -0.968. The quantitative estimate of drug-likeness (QED) is 0.266. The third kappa shape index (κ3) is 7.41. The molecule has 3 rings (SSSR count). The molecule has 0 aliphatic carbocycles. The molecule has 0 aromatic heterocycles. The van der Waals surface area contributed by atoms with Crippen molar-refractivity contribution < 1.29 is 22.9 Å². The van der Waals surface area contributed by atoms with Crippen molar-refractivity contribution in [1.82, 2.24) is 10.2 Å². The maximum Gasteiger partial charge on any atom is 0.269 e. The van der Waals surface area contributed by atoms with Gasteiger partial charge in [0.05, 0.1) is 15.5 Å². The number of carbonyl (C=O) groups is 2. The van der Waals surface area contributed by atoms with Gasteiger partial charge in [0.25, 0.3) is 15.7 Å².